The van der Waals surface area contributed by atoms with Gasteiger partial charge in [-0.3, -0.25) is 4.79 Å². The third kappa shape index (κ3) is 4.22. The number of ether oxygens (including phenoxy) is 1. The highest BCUT2D eigenvalue weighted by Crippen LogP contribution is 2.42. The predicted molar refractivity (Wildman–Crippen MR) is 50.7 cm³/mol. The molecular weight excluding hydrogens is 214 g/mol. The van der Waals surface area contributed by atoms with Gasteiger partial charge in [0.25, 0.3) is 0 Å². The van der Waals surface area contributed by atoms with Crippen LogP contribution in [0.1, 0.15) is 26.2 Å². The van der Waals surface area contributed by atoms with Crippen LogP contribution in [0.2, 0.25) is 0 Å². The minimum Gasteiger partial charge on any atom is -0.469 e. The summed E-state index contributed by atoms with van der Waals surface area (Å²) in [5.41, 5.74) is 0. The molecule has 1 aliphatic rings. The summed E-state index contributed by atoms with van der Waals surface area (Å²) in [5, 5.41) is 0. The van der Waals surface area contributed by atoms with Gasteiger partial charge in [-0.15, -0.1) is 12.4 Å². The van der Waals surface area contributed by atoms with E-state index in [1.807, 2.05) is 0 Å². The van der Waals surface area contributed by atoms with Crippen LogP contribution >= 0.6 is 12.4 Å². The average Bonchev–Trinajstić information content (AvgIpc) is 2.79. The molecule has 0 spiro atoms. The normalized spacial score (nSPS) is 18.3. The van der Waals surface area contributed by atoms with Gasteiger partial charge in [-0.1, -0.05) is 0 Å². The maximum absolute atomic E-state index is 12.6. The second-order valence-electron chi connectivity index (χ2n) is 3.74. The Labute approximate surface area is 88.4 Å². The van der Waals surface area contributed by atoms with Crippen LogP contribution in [-0.4, -0.2) is 19.0 Å². The van der Waals surface area contributed by atoms with Crippen LogP contribution in [-0.2, 0) is 9.53 Å². The van der Waals surface area contributed by atoms with Crippen molar-refractivity contribution in [2.75, 3.05) is 7.11 Å². The van der Waals surface area contributed by atoms with Gasteiger partial charge >= 0.3 is 5.97 Å². The third-order valence-corrected chi connectivity index (χ3v) is 2.27. The van der Waals surface area contributed by atoms with Crippen LogP contribution in [0.5, 0.6) is 0 Å². The highest BCUT2D eigenvalue weighted by atomic mass is 35.5. The van der Waals surface area contributed by atoms with Crippen molar-refractivity contribution in [3.63, 3.8) is 0 Å². The lowest BCUT2D eigenvalue weighted by atomic mass is 9.96. The molecule has 0 N–H and O–H groups in total. The van der Waals surface area contributed by atoms with E-state index < -0.39 is 17.8 Å². The summed E-state index contributed by atoms with van der Waals surface area (Å²) < 4.78 is 29.8. The lowest BCUT2D eigenvalue weighted by Gasteiger charge is -2.17. The summed E-state index contributed by atoms with van der Waals surface area (Å²) in [7, 11) is 1.24. The van der Waals surface area contributed by atoms with Gasteiger partial charge in [-0.25, -0.2) is 8.78 Å². The lowest BCUT2D eigenvalue weighted by molar-refractivity contribution is -0.149. The molecule has 1 unspecified atom stereocenters. The van der Waals surface area contributed by atoms with Crippen LogP contribution in [0, 0.1) is 11.8 Å². The Kier molecular flexibility index (Phi) is 4.78. The molecule has 1 rings (SSSR count). The maximum atomic E-state index is 12.6. The van der Waals surface area contributed by atoms with E-state index in [0.717, 1.165) is 19.8 Å². The van der Waals surface area contributed by atoms with Crippen molar-refractivity contribution in [1.29, 1.82) is 0 Å². The number of halogens is 3. The maximum Gasteiger partial charge on any atom is 0.309 e. The zero-order chi connectivity index (χ0) is 10.1. The Morgan fingerprint density at radius 2 is 2.07 bits per heavy atom. The van der Waals surface area contributed by atoms with Gasteiger partial charge < -0.3 is 4.74 Å². The van der Waals surface area contributed by atoms with Crippen molar-refractivity contribution in [2.45, 2.75) is 32.1 Å². The molecule has 0 saturated heterocycles. The van der Waals surface area contributed by atoms with Crippen molar-refractivity contribution in [3.05, 3.63) is 0 Å². The van der Waals surface area contributed by atoms with Crippen molar-refractivity contribution >= 4 is 18.4 Å². The molecule has 1 aliphatic carbocycles. The quantitative estimate of drug-likeness (QED) is 0.692. The van der Waals surface area contributed by atoms with Crippen LogP contribution < -0.4 is 0 Å². The highest BCUT2D eigenvalue weighted by Gasteiger charge is 2.41. The van der Waals surface area contributed by atoms with E-state index in [2.05, 4.69) is 4.74 Å². The molecule has 84 valence electrons. The monoisotopic (exact) mass is 228 g/mol. The fourth-order valence-electron chi connectivity index (χ4n) is 1.48. The van der Waals surface area contributed by atoms with Gasteiger partial charge in [0.1, 0.15) is 0 Å². The molecule has 1 fully saturated rings. The van der Waals surface area contributed by atoms with Gasteiger partial charge in [-0.05, 0) is 25.7 Å². The molecule has 0 aromatic heterocycles. The van der Waals surface area contributed by atoms with Gasteiger partial charge in [0.2, 0.25) is 5.92 Å². The molecule has 0 amide bonds. The molecule has 0 bridgehead atoms. The van der Waals surface area contributed by atoms with Gasteiger partial charge in [0.05, 0.1) is 13.0 Å². The van der Waals surface area contributed by atoms with E-state index in [1.54, 1.807) is 0 Å². The highest BCUT2D eigenvalue weighted by molar-refractivity contribution is 5.85. The first kappa shape index (κ1) is 13.6. The topological polar surface area (TPSA) is 26.3 Å². The second-order valence-corrected chi connectivity index (χ2v) is 3.74. The number of hydrogen-bond donors (Lipinski definition) is 0. The largest absolute Gasteiger partial charge is 0.469 e. The van der Waals surface area contributed by atoms with Crippen LogP contribution in [0.4, 0.5) is 8.78 Å². The summed E-state index contributed by atoms with van der Waals surface area (Å²) in [5.74, 6) is -3.76. The Hall–Kier alpha value is -0.380. The Morgan fingerprint density at radius 1 is 1.57 bits per heavy atom. The van der Waals surface area contributed by atoms with E-state index in [9.17, 15) is 13.6 Å². The van der Waals surface area contributed by atoms with Crippen molar-refractivity contribution in [1.82, 2.24) is 0 Å². The van der Waals surface area contributed by atoms with Gasteiger partial charge in [-0.2, -0.15) is 0 Å². The van der Waals surface area contributed by atoms with Gasteiger partial charge in [0.15, 0.2) is 0 Å². The molecule has 0 aromatic carbocycles. The first-order valence-corrected chi connectivity index (χ1v) is 4.39. The third-order valence-electron chi connectivity index (χ3n) is 2.27. The summed E-state index contributed by atoms with van der Waals surface area (Å²) in [4.78, 5) is 11.1. The summed E-state index contributed by atoms with van der Waals surface area (Å²) >= 11 is 0. The van der Waals surface area contributed by atoms with Crippen molar-refractivity contribution in [3.8, 4) is 0 Å². The zero-order valence-electron chi connectivity index (χ0n) is 8.26. The fourth-order valence-corrected chi connectivity index (χ4v) is 1.48. The van der Waals surface area contributed by atoms with Crippen LogP contribution in [0.15, 0.2) is 0 Å². The Balaban J connectivity index is 0.00000169. The number of carbonyl (C=O) groups is 1. The average molecular weight is 229 g/mol. The first-order valence-electron chi connectivity index (χ1n) is 4.39. The smallest absolute Gasteiger partial charge is 0.309 e. The molecular formula is C9H15ClF2O2. The Bertz CT molecular complexity index is 199. The first-order chi connectivity index (χ1) is 5.94. The Morgan fingerprint density at radius 3 is 2.36 bits per heavy atom. The standard InChI is InChI=1S/C9H14F2O2.ClH/c1-9(10,11)5-7(6-3-4-6)8(12)13-2;/h6-7H,3-5H2,1-2H3;1H. The molecule has 0 aliphatic heterocycles. The minimum absolute atomic E-state index is 0. The zero-order valence-corrected chi connectivity index (χ0v) is 9.07. The molecule has 0 radical (unpaired) electrons. The number of alkyl halides is 2. The molecule has 14 heavy (non-hydrogen) atoms. The van der Waals surface area contributed by atoms with E-state index in [-0.39, 0.29) is 24.7 Å². The molecule has 1 saturated carbocycles. The number of carbonyl (C=O) groups excluding carboxylic acids is 1. The van der Waals surface area contributed by atoms with Crippen molar-refractivity contribution < 1.29 is 18.3 Å². The molecule has 0 heterocycles. The lowest BCUT2D eigenvalue weighted by Crippen LogP contribution is -2.25. The molecule has 1 atom stereocenters. The molecule has 0 aromatic rings. The van der Waals surface area contributed by atoms with E-state index >= 15 is 0 Å². The minimum atomic E-state index is -2.78. The number of methoxy groups -OCH3 is 1. The van der Waals surface area contributed by atoms with E-state index in [1.165, 1.54) is 7.11 Å². The van der Waals surface area contributed by atoms with E-state index in [0.29, 0.717) is 0 Å². The second kappa shape index (κ2) is 4.91. The summed E-state index contributed by atoms with van der Waals surface area (Å²) in [6, 6.07) is 0. The van der Waals surface area contributed by atoms with Crippen molar-refractivity contribution in [2.24, 2.45) is 11.8 Å². The number of rotatable bonds is 4. The SMILES string of the molecule is COC(=O)C(CC(C)(F)F)C1CC1.Cl. The predicted octanol–water partition coefficient (Wildman–Crippen LogP) is 2.65. The molecule has 5 heteroatoms. The fraction of sp³-hybridized carbons (Fsp3) is 0.889. The molecule has 2 nitrogen and oxygen atoms in total. The van der Waals surface area contributed by atoms with Gasteiger partial charge in [0, 0.05) is 6.42 Å². The van der Waals surface area contributed by atoms with E-state index in [4.69, 9.17) is 0 Å². The summed E-state index contributed by atoms with van der Waals surface area (Å²) in [6.07, 6.45) is 1.36. The number of esters is 1. The van der Waals surface area contributed by atoms with Crippen LogP contribution in [0.3, 0.4) is 0 Å². The summed E-state index contributed by atoms with van der Waals surface area (Å²) in [6.45, 7) is 0.839. The number of hydrogen-bond acceptors (Lipinski definition) is 2. The van der Waals surface area contributed by atoms with Crippen LogP contribution in [0.25, 0.3) is 0 Å².